The highest BCUT2D eigenvalue weighted by molar-refractivity contribution is 5.76. The van der Waals surface area contributed by atoms with Gasteiger partial charge in [-0.25, -0.2) is 9.37 Å². The van der Waals surface area contributed by atoms with Crippen molar-refractivity contribution in [3.05, 3.63) is 35.9 Å². The second-order valence-electron chi connectivity index (χ2n) is 5.70. The van der Waals surface area contributed by atoms with Gasteiger partial charge in [0.05, 0.1) is 11.6 Å². The van der Waals surface area contributed by atoms with E-state index in [1.807, 2.05) is 6.07 Å². The Bertz CT molecular complexity index is 959. The average Bonchev–Trinajstić information content (AvgIpc) is 3.07. The number of ether oxygens (including phenoxy) is 1. The van der Waals surface area contributed by atoms with Crippen LogP contribution in [0.5, 0.6) is 5.88 Å². The summed E-state index contributed by atoms with van der Waals surface area (Å²) in [6.07, 6.45) is 3.16. The van der Waals surface area contributed by atoms with Crippen molar-refractivity contribution in [2.24, 2.45) is 0 Å². The zero-order valence-electron chi connectivity index (χ0n) is 13.2. The smallest absolute Gasteiger partial charge is 0.247 e. The molecule has 0 spiro atoms. The molecule has 0 saturated carbocycles. The molecule has 1 aromatic carbocycles. The monoisotopic (exact) mass is 339 g/mol. The number of halogens is 1. The topological polar surface area (TPSA) is 102 Å². The first-order valence-electron chi connectivity index (χ1n) is 7.90. The summed E-state index contributed by atoms with van der Waals surface area (Å²) in [5.74, 6) is -0.234. The van der Waals surface area contributed by atoms with E-state index in [0.717, 1.165) is 32.0 Å². The Labute approximate surface area is 142 Å². The van der Waals surface area contributed by atoms with Crippen LogP contribution in [-0.2, 0) is 0 Å². The van der Waals surface area contributed by atoms with Crippen molar-refractivity contribution in [1.82, 2.24) is 30.3 Å². The van der Waals surface area contributed by atoms with Crippen LogP contribution in [0.15, 0.2) is 24.5 Å². The summed E-state index contributed by atoms with van der Waals surface area (Å²) in [4.78, 5) is 8.31. The van der Waals surface area contributed by atoms with Gasteiger partial charge in [-0.05, 0) is 44.1 Å². The van der Waals surface area contributed by atoms with E-state index < -0.39 is 5.82 Å². The SMILES string of the molecule is N#Cc1ccc(-n2nnc3c(OC4CCNCC4)ncnc32)c(F)c1. The lowest BCUT2D eigenvalue weighted by Gasteiger charge is -2.22. The summed E-state index contributed by atoms with van der Waals surface area (Å²) in [7, 11) is 0. The number of benzene rings is 1. The van der Waals surface area contributed by atoms with Gasteiger partial charge >= 0.3 is 0 Å². The van der Waals surface area contributed by atoms with Gasteiger partial charge in [-0.1, -0.05) is 5.21 Å². The molecule has 0 unspecified atom stereocenters. The molecule has 25 heavy (non-hydrogen) atoms. The molecular weight excluding hydrogens is 325 g/mol. The van der Waals surface area contributed by atoms with E-state index in [1.54, 1.807) is 0 Å². The van der Waals surface area contributed by atoms with Crippen molar-refractivity contribution < 1.29 is 9.13 Å². The van der Waals surface area contributed by atoms with E-state index in [1.165, 1.54) is 23.1 Å². The van der Waals surface area contributed by atoms with E-state index in [9.17, 15) is 4.39 Å². The van der Waals surface area contributed by atoms with Crippen LogP contribution < -0.4 is 10.1 Å². The summed E-state index contributed by atoms with van der Waals surface area (Å²) >= 11 is 0. The summed E-state index contributed by atoms with van der Waals surface area (Å²) in [5.41, 5.74) is 1.12. The van der Waals surface area contributed by atoms with Gasteiger partial charge in [-0.15, -0.1) is 5.10 Å². The number of piperidine rings is 1. The van der Waals surface area contributed by atoms with Gasteiger partial charge in [0.25, 0.3) is 0 Å². The molecule has 1 aliphatic rings. The number of hydrogen-bond donors (Lipinski definition) is 1. The van der Waals surface area contributed by atoms with E-state index in [0.29, 0.717) is 17.0 Å². The molecule has 0 radical (unpaired) electrons. The van der Waals surface area contributed by atoms with Crippen LogP contribution in [0, 0.1) is 17.1 Å². The molecule has 3 aromatic rings. The average molecular weight is 339 g/mol. The van der Waals surface area contributed by atoms with Gasteiger partial charge in [0.15, 0.2) is 11.2 Å². The molecule has 0 bridgehead atoms. The minimum Gasteiger partial charge on any atom is -0.473 e. The number of hydrogen-bond acceptors (Lipinski definition) is 7. The van der Waals surface area contributed by atoms with Gasteiger partial charge in [0.1, 0.15) is 23.9 Å². The molecule has 1 fully saturated rings. The van der Waals surface area contributed by atoms with Crippen LogP contribution >= 0.6 is 0 Å². The molecule has 1 N–H and O–H groups in total. The fourth-order valence-electron chi connectivity index (χ4n) is 2.80. The molecule has 8 nitrogen and oxygen atoms in total. The lowest BCUT2D eigenvalue weighted by Crippen LogP contribution is -2.34. The van der Waals surface area contributed by atoms with Gasteiger partial charge in [0, 0.05) is 0 Å². The summed E-state index contributed by atoms with van der Waals surface area (Å²) in [6, 6.07) is 6.03. The van der Waals surface area contributed by atoms with Crippen LogP contribution in [-0.4, -0.2) is 44.2 Å². The zero-order valence-corrected chi connectivity index (χ0v) is 13.2. The molecule has 0 amide bonds. The zero-order chi connectivity index (χ0) is 17.2. The number of nitriles is 1. The maximum atomic E-state index is 14.3. The first-order chi connectivity index (χ1) is 12.3. The minimum absolute atomic E-state index is 0.0520. The van der Waals surface area contributed by atoms with Gasteiger partial charge in [-0.3, -0.25) is 0 Å². The largest absolute Gasteiger partial charge is 0.473 e. The Morgan fingerprint density at radius 1 is 1.28 bits per heavy atom. The van der Waals surface area contributed by atoms with Crippen LogP contribution in [0.4, 0.5) is 4.39 Å². The summed E-state index contributed by atoms with van der Waals surface area (Å²) < 4.78 is 21.5. The van der Waals surface area contributed by atoms with Crippen molar-refractivity contribution >= 4 is 11.2 Å². The van der Waals surface area contributed by atoms with Crippen LogP contribution in [0.25, 0.3) is 16.9 Å². The molecule has 3 heterocycles. The maximum absolute atomic E-state index is 14.3. The molecule has 126 valence electrons. The highest BCUT2D eigenvalue weighted by atomic mass is 19.1. The fraction of sp³-hybridized carbons (Fsp3) is 0.312. The lowest BCUT2D eigenvalue weighted by molar-refractivity contribution is 0.158. The number of nitrogens with one attached hydrogen (secondary N) is 1. The van der Waals surface area contributed by atoms with Crippen LogP contribution in [0.2, 0.25) is 0 Å². The molecule has 9 heteroatoms. The molecule has 1 saturated heterocycles. The van der Waals surface area contributed by atoms with Crippen molar-refractivity contribution in [3.63, 3.8) is 0 Å². The highest BCUT2D eigenvalue weighted by Crippen LogP contribution is 2.24. The van der Waals surface area contributed by atoms with Gasteiger partial charge < -0.3 is 10.1 Å². The van der Waals surface area contributed by atoms with Crippen LogP contribution in [0.1, 0.15) is 18.4 Å². The quantitative estimate of drug-likeness (QED) is 0.768. The predicted octanol–water partition coefficient (Wildman–Crippen LogP) is 1.35. The standard InChI is InChI=1S/C16H14FN7O/c17-12-7-10(8-18)1-2-13(12)24-15-14(22-23-24)16(21-9-20-15)25-11-3-5-19-6-4-11/h1-2,7,9,11,19H,3-6H2. The fourth-order valence-corrected chi connectivity index (χ4v) is 2.80. The predicted molar refractivity (Wildman–Crippen MR) is 85.6 cm³/mol. The molecular formula is C16H14FN7O. The molecule has 2 aromatic heterocycles. The first-order valence-corrected chi connectivity index (χ1v) is 7.90. The number of nitrogens with zero attached hydrogens (tertiary/aromatic N) is 6. The Morgan fingerprint density at radius 3 is 2.88 bits per heavy atom. The lowest BCUT2D eigenvalue weighted by atomic mass is 10.1. The second-order valence-corrected chi connectivity index (χ2v) is 5.70. The van der Waals surface area contributed by atoms with Crippen molar-refractivity contribution in [1.29, 1.82) is 5.26 Å². The highest BCUT2D eigenvalue weighted by Gasteiger charge is 2.20. The Balaban J connectivity index is 1.72. The van der Waals surface area contributed by atoms with E-state index >= 15 is 0 Å². The maximum Gasteiger partial charge on any atom is 0.247 e. The number of aromatic nitrogens is 5. The first kappa shape index (κ1) is 15.4. The van der Waals surface area contributed by atoms with E-state index in [-0.39, 0.29) is 17.4 Å². The normalized spacial score (nSPS) is 15.2. The van der Waals surface area contributed by atoms with Crippen LogP contribution in [0.3, 0.4) is 0 Å². The van der Waals surface area contributed by atoms with E-state index in [4.69, 9.17) is 10.00 Å². The van der Waals surface area contributed by atoms with E-state index in [2.05, 4.69) is 25.6 Å². The minimum atomic E-state index is -0.578. The third kappa shape index (κ3) is 2.88. The van der Waals surface area contributed by atoms with Gasteiger partial charge in [-0.2, -0.15) is 14.9 Å². The molecule has 4 rings (SSSR count). The Morgan fingerprint density at radius 2 is 2.12 bits per heavy atom. The summed E-state index contributed by atoms with van der Waals surface area (Å²) in [5, 5.41) is 20.2. The Hall–Kier alpha value is -3.12. The van der Waals surface area contributed by atoms with Crippen molar-refractivity contribution in [3.8, 4) is 17.6 Å². The van der Waals surface area contributed by atoms with Crippen molar-refractivity contribution in [2.45, 2.75) is 18.9 Å². The van der Waals surface area contributed by atoms with Gasteiger partial charge in [0.2, 0.25) is 5.88 Å². The third-order valence-corrected chi connectivity index (χ3v) is 4.07. The second kappa shape index (κ2) is 6.41. The summed E-state index contributed by atoms with van der Waals surface area (Å²) in [6.45, 7) is 1.78. The molecule has 0 atom stereocenters. The number of fused-ring (bicyclic) bond motifs is 1. The van der Waals surface area contributed by atoms with Crippen molar-refractivity contribution in [2.75, 3.05) is 13.1 Å². The molecule has 1 aliphatic heterocycles. The third-order valence-electron chi connectivity index (χ3n) is 4.07. The Kier molecular flexibility index (Phi) is 3.95. The number of rotatable bonds is 3. The molecule has 0 aliphatic carbocycles.